The van der Waals surface area contributed by atoms with E-state index < -0.39 is 0 Å². The highest BCUT2D eigenvalue weighted by molar-refractivity contribution is 5.81. The lowest BCUT2D eigenvalue weighted by Crippen LogP contribution is -2.03. The summed E-state index contributed by atoms with van der Waals surface area (Å²) in [6.45, 7) is 2.51. The van der Waals surface area contributed by atoms with E-state index in [1.54, 1.807) is 0 Å². The lowest BCUT2D eigenvalue weighted by atomic mass is 10.2. The van der Waals surface area contributed by atoms with Crippen molar-refractivity contribution in [1.29, 1.82) is 0 Å². The van der Waals surface area contributed by atoms with Gasteiger partial charge in [0, 0.05) is 5.39 Å². The van der Waals surface area contributed by atoms with Gasteiger partial charge < -0.3 is 9.73 Å². The van der Waals surface area contributed by atoms with Crippen LogP contribution in [-0.4, -0.2) is 7.05 Å². The summed E-state index contributed by atoms with van der Waals surface area (Å²) in [6, 6.07) is 4.84. The fraction of sp³-hybridized carbons (Fsp3) is 0.273. The second-order valence-corrected chi connectivity index (χ2v) is 3.38. The highest BCUT2D eigenvalue weighted by atomic mass is 19.1. The third-order valence-electron chi connectivity index (χ3n) is 2.17. The van der Waals surface area contributed by atoms with Crippen LogP contribution in [0.25, 0.3) is 11.0 Å². The van der Waals surface area contributed by atoms with Crippen molar-refractivity contribution in [2.75, 3.05) is 7.05 Å². The van der Waals surface area contributed by atoms with E-state index >= 15 is 0 Å². The van der Waals surface area contributed by atoms with Gasteiger partial charge in [-0.1, -0.05) is 0 Å². The first-order valence-electron chi connectivity index (χ1n) is 4.54. The third-order valence-corrected chi connectivity index (χ3v) is 2.17. The van der Waals surface area contributed by atoms with E-state index in [1.165, 1.54) is 12.1 Å². The van der Waals surface area contributed by atoms with Gasteiger partial charge in [-0.05, 0) is 37.7 Å². The molecule has 2 rings (SSSR count). The molecule has 1 aromatic heterocycles. The largest absolute Gasteiger partial charge is 0.459 e. The van der Waals surface area contributed by atoms with Crippen LogP contribution in [0.3, 0.4) is 0 Å². The van der Waals surface area contributed by atoms with Gasteiger partial charge in [-0.15, -0.1) is 0 Å². The monoisotopic (exact) mass is 193 g/mol. The van der Waals surface area contributed by atoms with E-state index in [-0.39, 0.29) is 5.82 Å². The molecule has 1 N–H and O–H groups in total. The summed E-state index contributed by atoms with van der Waals surface area (Å²) in [6.07, 6.45) is 0. The van der Waals surface area contributed by atoms with E-state index in [2.05, 4.69) is 5.32 Å². The predicted octanol–water partition coefficient (Wildman–Crippen LogP) is 2.60. The predicted molar refractivity (Wildman–Crippen MR) is 53.7 cm³/mol. The third kappa shape index (κ3) is 1.51. The van der Waals surface area contributed by atoms with Crippen LogP contribution >= 0.6 is 0 Å². The molecular weight excluding hydrogens is 181 g/mol. The SMILES string of the molecule is CNCc1cc2cc(F)cc(C)c2o1. The minimum Gasteiger partial charge on any atom is -0.459 e. The van der Waals surface area contributed by atoms with Crippen molar-refractivity contribution in [3.05, 3.63) is 35.3 Å². The number of nitrogens with one attached hydrogen (secondary N) is 1. The average molecular weight is 193 g/mol. The highest BCUT2D eigenvalue weighted by Crippen LogP contribution is 2.23. The molecule has 2 aromatic rings. The van der Waals surface area contributed by atoms with E-state index in [0.717, 1.165) is 22.3 Å². The minimum atomic E-state index is -0.216. The second-order valence-electron chi connectivity index (χ2n) is 3.38. The molecule has 14 heavy (non-hydrogen) atoms. The van der Waals surface area contributed by atoms with Crippen molar-refractivity contribution in [3.8, 4) is 0 Å². The fourth-order valence-electron chi connectivity index (χ4n) is 1.60. The molecule has 0 aliphatic heterocycles. The smallest absolute Gasteiger partial charge is 0.137 e. The summed E-state index contributed by atoms with van der Waals surface area (Å²) in [7, 11) is 1.85. The molecule has 0 unspecified atom stereocenters. The molecule has 74 valence electrons. The number of hydrogen-bond acceptors (Lipinski definition) is 2. The molecule has 0 aliphatic rings. The van der Waals surface area contributed by atoms with Gasteiger partial charge in [0.05, 0.1) is 6.54 Å². The fourth-order valence-corrected chi connectivity index (χ4v) is 1.60. The molecule has 0 spiro atoms. The first kappa shape index (κ1) is 9.21. The van der Waals surface area contributed by atoms with Crippen LogP contribution < -0.4 is 5.32 Å². The van der Waals surface area contributed by atoms with Gasteiger partial charge in [0.1, 0.15) is 17.2 Å². The van der Waals surface area contributed by atoms with Crippen molar-refractivity contribution < 1.29 is 8.81 Å². The van der Waals surface area contributed by atoms with Crippen molar-refractivity contribution in [3.63, 3.8) is 0 Å². The summed E-state index contributed by atoms with van der Waals surface area (Å²) in [5, 5.41) is 3.82. The van der Waals surface area contributed by atoms with Crippen LogP contribution in [0.15, 0.2) is 22.6 Å². The Morgan fingerprint density at radius 2 is 2.14 bits per heavy atom. The van der Waals surface area contributed by atoms with Crippen LogP contribution in [0, 0.1) is 12.7 Å². The first-order valence-corrected chi connectivity index (χ1v) is 4.54. The van der Waals surface area contributed by atoms with Crippen LogP contribution in [0.1, 0.15) is 11.3 Å². The average Bonchev–Trinajstić information content (AvgIpc) is 2.48. The summed E-state index contributed by atoms with van der Waals surface area (Å²) in [5.74, 6) is 0.614. The molecule has 0 amide bonds. The quantitative estimate of drug-likeness (QED) is 0.793. The molecule has 0 fully saturated rings. The molecule has 0 saturated carbocycles. The van der Waals surface area contributed by atoms with E-state index in [9.17, 15) is 4.39 Å². The maximum Gasteiger partial charge on any atom is 0.137 e. The standard InChI is InChI=1S/C11H12FNO/c1-7-3-9(12)4-8-5-10(6-13-2)14-11(7)8/h3-5,13H,6H2,1-2H3. The van der Waals surface area contributed by atoms with Gasteiger partial charge in [0.2, 0.25) is 0 Å². The minimum absolute atomic E-state index is 0.216. The Morgan fingerprint density at radius 1 is 1.36 bits per heavy atom. The van der Waals surface area contributed by atoms with Crippen molar-refractivity contribution in [1.82, 2.24) is 5.32 Å². The molecule has 3 heteroatoms. The van der Waals surface area contributed by atoms with Crippen molar-refractivity contribution in [2.45, 2.75) is 13.5 Å². The number of aryl methyl sites for hydroxylation is 1. The highest BCUT2D eigenvalue weighted by Gasteiger charge is 2.07. The summed E-state index contributed by atoms with van der Waals surface area (Å²) in [5.41, 5.74) is 1.61. The molecule has 0 bridgehead atoms. The van der Waals surface area contributed by atoms with Crippen LogP contribution in [0.4, 0.5) is 4.39 Å². The maximum absolute atomic E-state index is 13.0. The molecule has 2 nitrogen and oxygen atoms in total. The van der Waals surface area contributed by atoms with Gasteiger partial charge in [0.25, 0.3) is 0 Å². The zero-order valence-corrected chi connectivity index (χ0v) is 8.23. The second kappa shape index (κ2) is 3.42. The van der Waals surface area contributed by atoms with Crippen molar-refractivity contribution >= 4 is 11.0 Å². The van der Waals surface area contributed by atoms with Crippen LogP contribution in [-0.2, 0) is 6.54 Å². The summed E-state index contributed by atoms with van der Waals surface area (Å²) < 4.78 is 18.6. The molecule has 1 aromatic carbocycles. The van der Waals surface area contributed by atoms with Gasteiger partial charge >= 0.3 is 0 Å². The lowest BCUT2D eigenvalue weighted by molar-refractivity contribution is 0.528. The Bertz CT molecular complexity index is 462. The van der Waals surface area contributed by atoms with E-state index in [4.69, 9.17) is 4.42 Å². The van der Waals surface area contributed by atoms with Crippen LogP contribution in [0.2, 0.25) is 0 Å². The molecular formula is C11H12FNO. The van der Waals surface area contributed by atoms with E-state index in [1.807, 2.05) is 20.0 Å². The first-order chi connectivity index (χ1) is 6.70. The number of furan rings is 1. The summed E-state index contributed by atoms with van der Waals surface area (Å²) in [4.78, 5) is 0. The zero-order valence-electron chi connectivity index (χ0n) is 8.23. The van der Waals surface area contributed by atoms with Crippen molar-refractivity contribution in [2.24, 2.45) is 0 Å². The molecule has 0 radical (unpaired) electrons. The Kier molecular flexibility index (Phi) is 2.25. The number of hydrogen-bond donors (Lipinski definition) is 1. The molecule has 0 saturated heterocycles. The summed E-state index contributed by atoms with van der Waals surface area (Å²) >= 11 is 0. The molecule has 0 atom stereocenters. The Hall–Kier alpha value is -1.35. The molecule has 1 heterocycles. The number of halogens is 1. The van der Waals surface area contributed by atoms with E-state index in [0.29, 0.717) is 6.54 Å². The Labute approximate surface area is 81.7 Å². The Balaban J connectivity index is 2.58. The van der Waals surface area contributed by atoms with Gasteiger partial charge in [-0.3, -0.25) is 0 Å². The maximum atomic E-state index is 13.0. The Morgan fingerprint density at radius 3 is 2.86 bits per heavy atom. The van der Waals surface area contributed by atoms with Gasteiger partial charge in [0.15, 0.2) is 0 Å². The lowest BCUT2D eigenvalue weighted by Gasteiger charge is -1.94. The number of fused-ring (bicyclic) bond motifs is 1. The zero-order chi connectivity index (χ0) is 10.1. The topological polar surface area (TPSA) is 25.2 Å². The number of benzene rings is 1. The van der Waals surface area contributed by atoms with Gasteiger partial charge in [-0.25, -0.2) is 4.39 Å². The molecule has 0 aliphatic carbocycles. The normalized spacial score (nSPS) is 11.1. The number of rotatable bonds is 2. The van der Waals surface area contributed by atoms with Gasteiger partial charge in [-0.2, -0.15) is 0 Å². The van der Waals surface area contributed by atoms with Crippen LogP contribution in [0.5, 0.6) is 0 Å².